The zero-order chi connectivity index (χ0) is 14.5. The van der Waals surface area contributed by atoms with E-state index in [1.807, 2.05) is 37.3 Å². The van der Waals surface area contributed by atoms with Gasteiger partial charge in [-0.05, 0) is 42.7 Å². The summed E-state index contributed by atoms with van der Waals surface area (Å²) in [5.74, 6) is 0.561. The predicted molar refractivity (Wildman–Crippen MR) is 81.5 cm³/mol. The average Bonchev–Trinajstić information content (AvgIpc) is 2.49. The number of para-hydroxylation sites is 1. The van der Waals surface area contributed by atoms with Crippen LogP contribution in [-0.2, 0) is 6.42 Å². The molecule has 2 aromatic carbocycles. The van der Waals surface area contributed by atoms with Crippen molar-refractivity contribution in [3.8, 4) is 5.75 Å². The Labute approximate surface area is 119 Å². The fraction of sp³-hybridized carbons (Fsp3) is 0.235. The lowest BCUT2D eigenvalue weighted by atomic mass is 10.1. The number of rotatable bonds is 4. The largest absolute Gasteiger partial charge is 0.497 e. The lowest BCUT2D eigenvalue weighted by Gasteiger charge is -2.13. The number of benzene rings is 2. The van der Waals surface area contributed by atoms with Crippen molar-refractivity contribution in [2.24, 2.45) is 0 Å². The molecule has 0 aromatic heterocycles. The highest BCUT2D eigenvalue weighted by molar-refractivity contribution is 6.05. The maximum atomic E-state index is 12.3. The summed E-state index contributed by atoms with van der Waals surface area (Å²) in [5, 5.41) is 3.00. The van der Waals surface area contributed by atoms with E-state index in [2.05, 4.69) is 12.2 Å². The number of aryl methyl sites for hydroxylation is 2. The third-order valence-electron chi connectivity index (χ3n) is 3.31. The summed E-state index contributed by atoms with van der Waals surface area (Å²) in [6, 6.07) is 13.2. The lowest BCUT2D eigenvalue weighted by Crippen LogP contribution is -2.14. The van der Waals surface area contributed by atoms with Crippen LogP contribution in [0.1, 0.15) is 28.4 Å². The molecule has 0 radical (unpaired) electrons. The third kappa shape index (κ3) is 2.99. The summed E-state index contributed by atoms with van der Waals surface area (Å²) in [6.45, 7) is 4.08. The Morgan fingerprint density at radius 2 is 1.95 bits per heavy atom. The molecule has 0 fully saturated rings. The van der Waals surface area contributed by atoms with E-state index in [9.17, 15) is 4.79 Å². The second-order valence-corrected chi connectivity index (χ2v) is 4.65. The van der Waals surface area contributed by atoms with Gasteiger partial charge in [0.2, 0.25) is 0 Å². The topological polar surface area (TPSA) is 38.3 Å². The molecule has 0 heterocycles. The van der Waals surface area contributed by atoms with E-state index in [1.165, 1.54) is 0 Å². The van der Waals surface area contributed by atoms with Crippen LogP contribution >= 0.6 is 0 Å². The summed E-state index contributed by atoms with van der Waals surface area (Å²) < 4.78 is 5.14. The van der Waals surface area contributed by atoms with Crippen LogP contribution in [-0.4, -0.2) is 13.0 Å². The minimum Gasteiger partial charge on any atom is -0.497 e. The Kier molecular flexibility index (Phi) is 4.41. The SMILES string of the molecule is CCc1cccc(C)c1NC(=O)c1cccc(OC)c1. The average molecular weight is 269 g/mol. The van der Waals surface area contributed by atoms with Crippen LogP contribution in [0.2, 0.25) is 0 Å². The van der Waals surface area contributed by atoms with E-state index < -0.39 is 0 Å². The van der Waals surface area contributed by atoms with E-state index in [1.54, 1.807) is 19.2 Å². The minimum absolute atomic E-state index is 0.118. The maximum absolute atomic E-state index is 12.3. The second-order valence-electron chi connectivity index (χ2n) is 4.65. The van der Waals surface area contributed by atoms with Crippen LogP contribution in [0.25, 0.3) is 0 Å². The fourth-order valence-corrected chi connectivity index (χ4v) is 2.15. The number of hydrogen-bond donors (Lipinski definition) is 1. The summed E-state index contributed by atoms with van der Waals surface area (Å²) in [4.78, 5) is 12.3. The molecule has 3 heteroatoms. The number of anilines is 1. The molecule has 104 valence electrons. The highest BCUT2D eigenvalue weighted by atomic mass is 16.5. The van der Waals surface area contributed by atoms with Crippen LogP contribution in [0.15, 0.2) is 42.5 Å². The second kappa shape index (κ2) is 6.24. The molecule has 0 aliphatic heterocycles. The van der Waals surface area contributed by atoms with Gasteiger partial charge in [-0.1, -0.05) is 31.2 Å². The Morgan fingerprint density at radius 3 is 2.65 bits per heavy atom. The standard InChI is InChI=1S/C17H19NO2/c1-4-13-8-5-7-12(2)16(13)18-17(19)14-9-6-10-15(11-14)20-3/h5-11H,4H2,1-3H3,(H,18,19). The van der Waals surface area contributed by atoms with Gasteiger partial charge in [0.05, 0.1) is 7.11 Å². The molecule has 20 heavy (non-hydrogen) atoms. The molecule has 0 unspecified atom stereocenters. The first-order valence-corrected chi connectivity index (χ1v) is 6.69. The van der Waals surface area contributed by atoms with Crippen molar-refractivity contribution in [3.63, 3.8) is 0 Å². The molecule has 0 saturated heterocycles. The van der Waals surface area contributed by atoms with E-state index in [-0.39, 0.29) is 5.91 Å². The Morgan fingerprint density at radius 1 is 1.20 bits per heavy atom. The van der Waals surface area contributed by atoms with Gasteiger partial charge in [0, 0.05) is 11.3 Å². The third-order valence-corrected chi connectivity index (χ3v) is 3.31. The number of methoxy groups -OCH3 is 1. The van der Waals surface area contributed by atoms with Crippen molar-refractivity contribution >= 4 is 11.6 Å². The van der Waals surface area contributed by atoms with E-state index >= 15 is 0 Å². The minimum atomic E-state index is -0.118. The molecule has 0 saturated carbocycles. The smallest absolute Gasteiger partial charge is 0.255 e. The number of nitrogens with one attached hydrogen (secondary N) is 1. The van der Waals surface area contributed by atoms with Crippen LogP contribution < -0.4 is 10.1 Å². The predicted octanol–water partition coefficient (Wildman–Crippen LogP) is 3.82. The van der Waals surface area contributed by atoms with E-state index in [0.29, 0.717) is 11.3 Å². The highest BCUT2D eigenvalue weighted by Gasteiger charge is 2.11. The van der Waals surface area contributed by atoms with E-state index in [0.717, 1.165) is 23.2 Å². The Balaban J connectivity index is 2.27. The van der Waals surface area contributed by atoms with Gasteiger partial charge in [-0.25, -0.2) is 0 Å². The number of ether oxygens (including phenoxy) is 1. The van der Waals surface area contributed by atoms with Gasteiger partial charge in [0.1, 0.15) is 5.75 Å². The molecular weight excluding hydrogens is 250 g/mol. The van der Waals surface area contributed by atoms with Gasteiger partial charge in [0.15, 0.2) is 0 Å². The molecule has 0 spiro atoms. The summed E-state index contributed by atoms with van der Waals surface area (Å²) in [7, 11) is 1.59. The molecule has 2 aromatic rings. The highest BCUT2D eigenvalue weighted by Crippen LogP contribution is 2.22. The number of carbonyl (C=O) groups excluding carboxylic acids is 1. The number of hydrogen-bond acceptors (Lipinski definition) is 2. The molecular formula is C17H19NO2. The number of amides is 1. The van der Waals surface area contributed by atoms with Crippen LogP contribution in [0.4, 0.5) is 5.69 Å². The van der Waals surface area contributed by atoms with Crippen molar-refractivity contribution in [2.75, 3.05) is 12.4 Å². The molecule has 0 atom stereocenters. The zero-order valence-corrected chi connectivity index (χ0v) is 12.1. The van der Waals surface area contributed by atoms with Gasteiger partial charge >= 0.3 is 0 Å². The first-order chi connectivity index (χ1) is 9.65. The Hall–Kier alpha value is -2.29. The van der Waals surface area contributed by atoms with Crippen LogP contribution in [0.3, 0.4) is 0 Å². The van der Waals surface area contributed by atoms with Gasteiger partial charge in [-0.15, -0.1) is 0 Å². The fourth-order valence-electron chi connectivity index (χ4n) is 2.15. The zero-order valence-electron chi connectivity index (χ0n) is 12.1. The normalized spacial score (nSPS) is 10.2. The van der Waals surface area contributed by atoms with Gasteiger partial charge in [0.25, 0.3) is 5.91 Å². The summed E-state index contributed by atoms with van der Waals surface area (Å²) in [5.41, 5.74) is 3.71. The quantitative estimate of drug-likeness (QED) is 0.916. The van der Waals surface area contributed by atoms with Gasteiger partial charge in [-0.2, -0.15) is 0 Å². The Bertz CT molecular complexity index is 620. The van der Waals surface area contributed by atoms with Crippen molar-refractivity contribution in [2.45, 2.75) is 20.3 Å². The molecule has 1 N–H and O–H groups in total. The molecule has 3 nitrogen and oxygen atoms in total. The van der Waals surface area contributed by atoms with Crippen molar-refractivity contribution in [1.29, 1.82) is 0 Å². The lowest BCUT2D eigenvalue weighted by molar-refractivity contribution is 0.102. The van der Waals surface area contributed by atoms with Gasteiger partial charge < -0.3 is 10.1 Å². The van der Waals surface area contributed by atoms with Crippen molar-refractivity contribution in [3.05, 3.63) is 59.2 Å². The van der Waals surface area contributed by atoms with Gasteiger partial charge in [-0.3, -0.25) is 4.79 Å². The van der Waals surface area contributed by atoms with Crippen molar-refractivity contribution in [1.82, 2.24) is 0 Å². The van der Waals surface area contributed by atoms with Crippen molar-refractivity contribution < 1.29 is 9.53 Å². The van der Waals surface area contributed by atoms with E-state index in [4.69, 9.17) is 4.74 Å². The summed E-state index contributed by atoms with van der Waals surface area (Å²) >= 11 is 0. The maximum Gasteiger partial charge on any atom is 0.255 e. The molecule has 0 aliphatic rings. The molecule has 0 bridgehead atoms. The first kappa shape index (κ1) is 14.1. The first-order valence-electron chi connectivity index (χ1n) is 6.69. The van der Waals surface area contributed by atoms with Crippen LogP contribution in [0, 0.1) is 6.92 Å². The number of carbonyl (C=O) groups is 1. The summed E-state index contributed by atoms with van der Waals surface area (Å²) in [6.07, 6.45) is 0.884. The molecule has 2 rings (SSSR count). The monoisotopic (exact) mass is 269 g/mol. The van der Waals surface area contributed by atoms with Crippen LogP contribution in [0.5, 0.6) is 5.75 Å². The molecule has 0 aliphatic carbocycles. The molecule has 1 amide bonds.